The van der Waals surface area contributed by atoms with Gasteiger partial charge in [-0.2, -0.15) is 5.10 Å². The number of nitrogens with zero attached hydrogens (tertiary/aromatic N) is 3. The molecule has 1 atom stereocenters. The van der Waals surface area contributed by atoms with Gasteiger partial charge in [-0.15, -0.1) is 0 Å². The van der Waals surface area contributed by atoms with Crippen LogP contribution in [-0.2, 0) is 13.5 Å². The van der Waals surface area contributed by atoms with Crippen molar-refractivity contribution in [2.75, 3.05) is 25.0 Å². The second-order valence-electron chi connectivity index (χ2n) is 6.68. The number of ether oxygens (including phenoxy) is 1. The predicted octanol–water partition coefficient (Wildman–Crippen LogP) is 3.14. The number of hydrogen-bond acceptors (Lipinski definition) is 5. The van der Waals surface area contributed by atoms with Crippen LogP contribution in [0.25, 0.3) is 11.1 Å². The van der Waals surface area contributed by atoms with Gasteiger partial charge in [-0.1, -0.05) is 23.7 Å². The van der Waals surface area contributed by atoms with E-state index in [0.29, 0.717) is 5.88 Å². The van der Waals surface area contributed by atoms with Crippen LogP contribution in [-0.4, -0.2) is 40.5 Å². The molecule has 27 heavy (non-hydrogen) atoms. The van der Waals surface area contributed by atoms with Crippen molar-refractivity contribution in [3.05, 3.63) is 59.5 Å². The number of fused-ring (bicyclic) bond motifs is 1. The van der Waals surface area contributed by atoms with Crippen molar-refractivity contribution >= 4 is 17.3 Å². The van der Waals surface area contributed by atoms with Gasteiger partial charge in [0.2, 0.25) is 5.88 Å². The fraction of sp³-hybridized carbons (Fsp3) is 0.300. The van der Waals surface area contributed by atoms with Crippen LogP contribution in [0.3, 0.4) is 0 Å². The highest BCUT2D eigenvalue weighted by atomic mass is 35.5. The molecule has 1 unspecified atom stereocenters. The van der Waals surface area contributed by atoms with Crippen molar-refractivity contribution in [2.24, 2.45) is 7.05 Å². The number of aryl methyl sites for hydroxylation is 1. The molecule has 0 radical (unpaired) electrons. The van der Waals surface area contributed by atoms with E-state index in [1.54, 1.807) is 4.68 Å². The van der Waals surface area contributed by atoms with Gasteiger partial charge in [0.25, 0.3) is 0 Å². The Bertz CT molecular complexity index is 926. The number of pyridine rings is 1. The number of hydrogen-bond donors (Lipinski definition) is 2. The van der Waals surface area contributed by atoms with Crippen LogP contribution >= 0.6 is 11.6 Å². The smallest absolute Gasteiger partial charge is 0.237 e. The Labute approximate surface area is 163 Å². The third-order valence-corrected chi connectivity index (χ3v) is 4.77. The van der Waals surface area contributed by atoms with Crippen LogP contribution in [0.15, 0.2) is 48.9 Å². The van der Waals surface area contributed by atoms with Gasteiger partial charge in [-0.05, 0) is 36.7 Å². The Kier molecular flexibility index (Phi) is 5.27. The standard InChI is InChI=1S/C20H22ClN5O/c1-26-13-16(10-25-26)15-8-19-20(24-9-15)27-18(12-23-19)11-22-6-5-14-3-2-4-17(21)7-14/h2-4,7-10,13,18,22-23H,5-6,11-12H2,1H3. The fourth-order valence-corrected chi connectivity index (χ4v) is 3.34. The molecule has 140 valence electrons. The largest absolute Gasteiger partial charge is 0.470 e. The van der Waals surface area contributed by atoms with Gasteiger partial charge in [-0.3, -0.25) is 4.68 Å². The Morgan fingerprint density at radius 1 is 1.30 bits per heavy atom. The zero-order valence-corrected chi connectivity index (χ0v) is 15.9. The van der Waals surface area contributed by atoms with Crippen molar-refractivity contribution in [1.82, 2.24) is 20.1 Å². The first-order valence-corrected chi connectivity index (χ1v) is 9.40. The van der Waals surface area contributed by atoms with Gasteiger partial charge in [0.15, 0.2) is 0 Å². The lowest BCUT2D eigenvalue weighted by Crippen LogP contribution is -2.40. The molecule has 2 aromatic heterocycles. The summed E-state index contributed by atoms with van der Waals surface area (Å²) in [5.41, 5.74) is 4.22. The molecule has 1 aliphatic heterocycles. The summed E-state index contributed by atoms with van der Waals surface area (Å²) >= 11 is 6.02. The van der Waals surface area contributed by atoms with Crippen molar-refractivity contribution < 1.29 is 4.74 Å². The first-order valence-electron chi connectivity index (χ1n) is 9.02. The average Bonchev–Trinajstić information content (AvgIpc) is 3.11. The minimum Gasteiger partial charge on any atom is -0.470 e. The van der Waals surface area contributed by atoms with Gasteiger partial charge in [0.05, 0.1) is 18.4 Å². The van der Waals surface area contributed by atoms with Crippen LogP contribution in [0.2, 0.25) is 5.02 Å². The van der Waals surface area contributed by atoms with E-state index >= 15 is 0 Å². The van der Waals surface area contributed by atoms with Crippen LogP contribution in [0, 0.1) is 0 Å². The second kappa shape index (κ2) is 7.98. The maximum atomic E-state index is 6.02. The van der Waals surface area contributed by atoms with E-state index in [9.17, 15) is 0 Å². The molecule has 2 N–H and O–H groups in total. The van der Waals surface area contributed by atoms with Crippen LogP contribution < -0.4 is 15.4 Å². The van der Waals surface area contributed by atoms with Gasteiger partial charge in [0.1, 0.15) is 6.10 Å². The lowest BCUT2D eigenvalue weighted by molar-refractivity contribution is 0.194. The summed E-state index contributed by atoms with van der Waals surface area (Å²) in [6.07, 6.45) is 6.62. The topological polar surface area (TPSA) is 64.0 Å². The molecule has 6 nitrogen and oxygen atoms in total. The van der Waals surface area contributed by atoms with Crippen LogP contribution in [0.5, 0.6) is 5.88 Å². The first kappa shape index (κ1) is 17.8. The quantitative estimate of drug-likeness (QED) is 0.640. The van der Waals surface area contributed by atoms with Crippen LogP contribution in [0.1, 0.15) is 5.56 Å². The predicted molar refractivity (Wildman–Crippen MR) is 107 cm³/mol. The molecule has 0 spiro atoms. The highest BCUT2D eigenvalue weighted by Crippen LogP contribution is 2.30. The van der Waals surface area contributed by atoms with Crippen LogP contribution in [0.4, 0.5) is 5.69 Å². The summed E-state index contributed by atoms with van der Waals surface area (Å²) in [6, 6.07) is 10.0. The molecule has 4 rings (SSSR count). The van der Waals surface area contributed by atoms with Crippen molar-refractivity contribution in [3.63, 3.8) is 0 Å². The van der Waals surface area contributed by atoms with E-state index in [-0.39, 0.29) is 6.10 Å². The number of nitrogens with one attached hydrogen (secondary N) is 2. The van der Waals surface area contributed by atoms with E-state index in [1.807, 2.05) is 43.8 Å². The molecule has 7 heteroatoms. The SMILES string of the molecule is Cn1cc(-c2cnc3c(c2)NCC(CNCCc2cccc(Cl)c2)O3)cn1. The molecular weight excluding hydrogens is 362 g/mol. The molecule has 0 saturated carbocycles. The maximum Gasteiger partial charge on any atom is 0.237 e. The third-order valence-electron chi connectivity index (χ3n) is 4.54. The summed E-state index contributed by atoms with van der Waals surface area (Å²) in [7, 11) is 1.90. The number of halogens is 1. The van der Waals surface area contributed by atoms with E-state index in [4.69, 9.17) is 16.3 Å². The first-order chi connectivity index (χ1) is 13.2. The maximum absolute atomic E-state index is 6.02. The Balaban J connectivity index is 1.29. The summed E-state index contributed by atoms with van der Waals surface area (Å²) in [6.45, 7) is 2.38. The minimum absolute atomic E-state index is 0.0496. The second-order valence-corrected chi connectivity index (χ2v) is 7.12. The van der Waals surface area contributed by atoms with Crippen molar-refractivity contribution in [3.8, 4) is 17.0 Å². The van der Waals surface area contributed by atoms with E-state index in [0.717, 1.165) is 47.9 Å². The summed E-state index contributed by atoms with van der Waals surface area (Å²) in [5.74, 6) is 0.649. The zero-order chi connectivity index (χ0) is 18.6. The van der Waals surface area contributed by atoms with Gasteiger partial charge in [-0.25, -0.2) is 4.98 Å². The van der Waals surface area contributed by atoms with Gasteiger partial charge in [0, 0.05) is 42.1 Å². The average molecular weight is 384 g/mol. The third kappa shape index (κ3) is 4.40. The summed E-state index contributed by atoms with van der Waals surface area (Å²) < 4.78 is 7.80. The van der Waals surface area contributed by atoms with Crippen molar-refractivity contribution in [2.45, 2.75) is 12.5 Å². The Morgan fingerprint density at radius 3 is 3.04 bits per heavy atom. The number of benzene rings is 1. The summed E-state index contributed by atoms with van der Waals surface area (Å²) in [4.78, 5) is 4.48. The number of rotatable bonds is 6. The molecule has 3 heterocycles. The lowest BCUT2D eigenvalue weighted by Gasteiger charge is -2.27. The molecule has 3 aromatic rings. The minimum atomic E-state index is 0.0496. The molecule has 1 aromatic carbocycles. The molecule has 0 fully saturated rings. The summed E-state index contributed by atoms with van der Waals surface area (Å²) in [5, 5.41) is 11.9. The highest BCUT2D eigenvalue weighted by molar-refractivity contribution is 6.30. The van der Waals surface area contributed by atoms with E-state index < -0.39 is 0 Å². The van der Waals surface area contributed by atoms with E-state index in [1.165, 1.54) is 5.56 Å². The molecule has 0 aliphatic carbocycles. The van der Waals surface area contributed by atoms with Crippen molar-refractivity contribution in [1.29, 1.82) is 0 Å². The normalized spacial score (nSPS) is 15.7. The fourth-order valence-electron chi connectivity index (χ4n) is 3.13. The number of aromatic nitrogens is 3. The lowest BCUT2D eigenvalue weighted by atomic mass is 10.1. The van der Waals surface area contributed by atoms with E-state index in [2.05, 4.69) is 32.8 Å². The monoisotopic (exact) mass is 383 g/mol. The highest BCUT2D eigenvalue weighted by Gasteiger charge is 2.20. The molecule has 0 saturated heterocycles. The number of anilines is 1. The Morgan fingerprint density at radius 2 is 2.22 bits per heavy atom. The zero-order valence-electron chi connectivity index (χ0n) is 15.2. The molecule has 0 amide bonds. The van der Waals surface area contributed by atoms with Gasteiger partial charge >= 0.3 is 0 Å². The molecule has 0 bridgehead atoms. The molecule has 1 aliphatic rings. The molecular formula is C20H22ClN5O. The Hall–Kier alpha value is -2.57. The van der Waals surface area contributed by atoms with Gasteiger partial charge < -0.3 is 15.4 Å².